The second-order valence-electron chi connectivity index (χ2n) is 5.95. The smallest absolute Gasteiger partial charge is 0.135 e. The molecule has 1 aliphatic carbocycles. The fourth-order valence-electron chi connectivity index (χ4n) is 2.71. The number of hydrogen-bond acceptors (Lipinski definition) is 2. The molecule has 1 saturated carbocycles. The molecule has 106 valence electrons. The highest BCUT2D eigenvalue weighted by Gasteiger charge is 2.20. The second kappa shape index (κ2) is 5.05. The molecule has 0 aliphatic heterocycles. The van der Waals surface area contributed by atoms with Crippen molar-refractivity contribution in [1.82, 2.24) is 5.32 Å². The standard InChI is InChI=1S/C19H19NO/c1-13-6-7-14(12-20-16-8-9-16)10-17(13)19-11-15-4-2-3-5-18(15)21-19/h2-7,10-11,16,20H,8-9,12H2,1H3. The van der Waals surface area contributed by atoms with Gasteiger partial charge in [-0.3, -0.25) is 0 Å². The summed E-state index contributed by atoms with van der Waals surface area (Å²) in [4.78, 5) is 0. The van der Waals surface area contributed by atoms with Gasteiger partial charge in [0.05, 0.1) is 0 Å². The van der Waals surface area contributed by atoms with Crippen LogP contribution in [0.5, 0.6) is 0 Å². The van der Waals surface area contributed by atoms with Crippen LogP contribution in [-0.2, 0) is 6.54 Å². The van der Waals surface area contributed by atoms with E-state index >= 15 is 0 Å². The van der Waals surface area contributed by atoms with E-state index in [1.807, 2.05) is 18.2 Å². The Bertz CT molecular complexity index is 750. The van der Waals surface area contributed by atoms with Crippen LogP contribution in [0.4, 0.5) is 0 Å². The number of nitrogens with one attached hydrogen (secondary N) is 1. The molecule has 0 unspecified atom stereocenters. The van der Waals surface area contributed by atoms with Crippen molar-refractivity contribution in [2.24, 2.45) is 0 Å². The van der Waals surface area contributed by atoms with Gasteiger partial charge in [-0.15, -0.1) is 0 Å². The van der Waals surface area contributed by atoms with E-state index in [1.165, 1.54) is 29.5 Å². The third-order valence-electron chi connectivity index (χ3n) is 4.17. The lowest BCUT2D eigenvalue weighted by Crippen LogP contribution is -2.15. The lowest BCUT2D eigenvalue weighted by Gasteiger charge is -2.08. The van der Waals surface area contributed by atoms with E-state index in [9.17, 15) is 0 Å². The lowest BCUT2D eigenvalue weighted by atomic mass is 10.0. The third-order valence-corrected chi connectivity index (χ3v) is 4.17. The van der Waals surface area contributed by atoms with Crippen molar-refractivity contribution in [3.05, 3.63) is 59.7 Å². The van der Waals surface area contributed by atoms with Gasteiger partial charge >= 0.3 is 0 Å². The number of benzene rings is 2. The maximum absolute atomic E-state index is 6.01. The van der Waals surface area contributed by atoms with Crippen LogP contribution in [0.1, 0.15) is 24.0 Å². The van der Waals surface area contributed by atoms with Gasteiger partial charge in [0.1, 0.15) is 11.3 Å². The number of aryl methyl sites for hydroxylation is 1. The van der Waals surface area contributed by atoms with E-state index in [4.69, 9.17) is 4.42 Å². The Morgan fingerprint density at radius 3 is 2.76 bits per heavy atom. The minimum Gasteiger partial charge on any atom is -0.456 e. The minimum atomic E-state index is 0.737. The summed E-state index contributed by atoms with van der Waals surface area (Å²) in [5.41, 5.74) is 4.72. The minimum absolute atomic E-state index is 0.737. The van der Waals surface area contributed by atoms with Crippen LogP contribution in [0.3, 0.4) is 0 Å². The predicted molar refractivity (Wildman–Crippen MR) is 86.2 cm³/mol. The summed E-state index contributed by atoms with van der Waals surface area (Å²) in [6.07, 6.45) is 2.64. The molecule has 0 saturated heterocycles. The molecular weight excluding hydrogens is 258 g/mol. The molecule has 2 aromatic carbocycles. The number of para-hydroxylation sites is 1. The maximum atomic E-state index is 6.01. The van der Waals surface area contributed by atoms with E-state index in [2.05, 4.69) is 42.6 Å². The first-order valence-electron chi connectivity index (χ1n) is 7.61. The zero-order chi connectivity index (χ0) is 14.2. The first-order valence-corrected chi connectivity index (χ1v) is 7.61. The summed E-state index contributed by atoms with van der Waals surface area (Å²) in [6, 6.07) is 17.7. The molecule has 1 heterocycles. The normalized spacial score (nSPS) is 14.7. The molecule has 2 nitrogen and oxygen atoms in total. The molecule has 0 atom stereocenters. The highest BCUT2D eigenvalue weighted by Crippen LogP contribution is 2.30. The number of furan rings is 1. The highest BCUT2D eigenvalue weighted by molar-refractivity contribution is 5.83. The molecule has 1 fully saturated rings. The van der Waals surface area contributed by atoms with Crippen molar-refractivity contribution in [2.45, 2.75) is 32.4 Å². The summed E-state index contributed by atoms with van der Waals surface area (Å²) in [7, 11) is 0. The van der Waals surface area contributed by atoms with Crippen LogP contribution >= 0.6 is 0 Å². The molecule has 0 bridgehead atoms. The Labute approximate surface area is 124 Å². The van der Waals surface area contributed by atoms with Gasteiger partial charge in [-0.2, -0.15) is 0 Å². The summed E-state index contributed by atoms with van der Waals surface area (Å²) >= 11 is 0. The van der Waals surface area contributed by atoms with E-state index in [1.54, 1.807) is 0 Å². The van der Waals surface area contributed by atoms with Crippen molar-refractivity contribution < 1.29 is 4.42 Å². The Balaban J connectivity index is 1.69. The van der Waals surface area contributed by atoms with Crippen molar-refractivity contribution in [3.63, 3.8) is 0 Å². The molecule has 21 heavy (non-hydrogen) atoms. The van der Waals surface area contributed by atoms with Crippen molar-refractivity contribution >= 4 is 11.0 Å². The zero-order valence-corrected chi connectivity index (χ0v) is 12.2. The predicted octanol–water partition coefficient (Wildman–Crippen LogP) is 4.66. The largest absolute Gasteiger partial charge is 0.456 e. The quantitative estimate of drug-likeness (QED) is 0.750. The summed E-state index contributed by atoms with van der Waals surface area (Å²) in [5.74, 6) is 0.960. The van der Waals surface area contributed by atoms with Crippen LogP contribution < -0.4 is 5.32 Å². The van der Waals surface area contributed by atoms with E-state index in [0.717, 1.165) is 29.3 Å². The van der Waals surface area contributed by atoms with Gasteiger partial charge in [-0.1, -0.05) is 30.3 Å². The fraction of sp³-hybridized carbons (Fsp3) is 0.263. The molecule has 2 heteroatoms. The fourth-order valence-corrected chi connectivity index (χ4v) is 2.71. The van der Waals surface area contributed by atoms with Crippen LogP contribution in [0.2, 0.25) is 0 Å². The lowest BCUT2D eigenvalue weighted by molar-refractivity contribution is 0.630. The van der Waals surface area contributed by atoms with Gasteiger partial charge in [-0.25, -0.2) is 0 Å². The van der Waals surface area contributed by atoms with Crippen LogP contribution in [-0.4, -0.2) is 6.04 Å². The first-order chi connectivity index (χ1) is 10.3. The number of fused-ring (bicyclic) bond motifs is 1. The van der Waals surface area contributed by atoms with Gasteiger partial charge in [0.2, 0.25) is 0 Å². The molecule has 0 spiro atoms. The molecular formula is C19H19NO. The summed E-state index contributed by atoms with van der Waals surface area (Å²) < 4.78 is 6.01. The average molecular weight is 277 g/mol. The molecule has 1 aliphatic rings. The Morgan fingerprint density at radius 1 is 1.10 bits per heavy atom. The van der Waals surface area contributed by atoms with E-state index in [-0.39, 0.29) is 0 Å². The Morgan fingerprint density at radius 2 is 1.95 bits per heavy atom. The van der Waals surface area contributed by atoms with Gasteiger partial charge in [-0.05, 0) is 49.1 Å². The second-order valence-corrected chi connectivity index (χ2v) is 5.95. The van der Waals surface area contributed by atoms with Crippen molar-refractivity contribution in [1.29, 1.82) is 0 Å². The molecule has 0 radical (unpaired) electrons. The topological polar surface area (TPSA) is 25.2 Å². The Hall–Kier alpha value is -2.06. The number of rotatable bonds is 4. The van der Waals surface area contributed by atoms with Gasteiger partial charge < -0.3 is 9.73 Å². The van der Waals surface area contributed by atoms with Gasteiger partial charge in [0.15, 0.2) is 0 Å². The van der Waals surface area contributed by atoms with Gasteiger partial charge in [0, 0.05) is 23.5 Å². The first kappa shape index (κ1) is 12.7. The van der Waals surface area contributed by atoms with Crippen LogP contribution in [0.25, 0.3) is 22.3 Å². The molecule has 1 aromatic heterocycles. The maximum Gasteiger partial charge on any atom is 0.135 e. The summed E-state index contributed by atoms with van der Waals surface area (Å²) in [5, 5.41) is 4.73. The SMILES string of the molecule is Cc1ccc(CNC2CC2)cc1-c1cc2ccccc2o1. The monoisotopic (exact) mass is 277 g/mol. The molecule has 4 rings (SSSR count). The average Bonchev–Trinajstić information content (AvgIpc) is 3.23. The van der Waals surface area contributed by atoms with Crippen LogP contribution in [0, 0.1) is 6.92 Å². The van der Waals surface area contributed by atoms with E-state index < -0.39 is 0 Å². The molecule has 0 amide bonds. The third kappa shape index (κ3) is 2.59. The van der Waals surface area contributed by atoms with E-state index in [0.29, 0.717) is 0 Å². The summed E-state index contributed by atoms with van der Waals surface area (Å²) in [6.45, 7) is 3.08. The van der Waals surface area contributed by atoms with Crippen molar-refractivity contribution in [3.8, 4) is 11.3 Å². The zero-order valence-electron chi connectivity index (χ0n) is 12.2. The van der Waals surface area contributed by atoms with Crippen molar-refractivity contribution in [2.75, 3.05) is 0 Å². The molecule has 3 aromatic rings. The highest BCUT2D eigenvalue weighted by atomic mass is 16.3. The molecule has 1 N–H and O–H groups in total. The van der Waals surface area contributed by atoms with Crippen LogP contribution in [0.15, 0.2) is 52.9 Å². The van der Waals surface area contributed by atoms with Gasteiger partial charge in [0.25, 0.3) is 0 Å². The Kier molecular flexibility index (Phi) is 3.04. The number of hydrogen-bond donors (Lipinski definition) is 1.